The number of hydrogen-bond acceptors (Lipinski definition) is 10. The lowest BCUT2D eigenvalue weighted by molar-refractivity contribution is -0.143. The fourth-order valence-electron chi connectivity index (χ4n) is 3.01. The molecule has 1 rings (SSSR count). The van der Waals surface area contributed by atoms with Crippen LogP contribution in [0.25, 0.3) is 0 Å². The Morgan fingerprint density at radius 3 is 2.00 bits per heavy atom. The normalized spacial score (nSPS) is 13.2. The molecular weight excluding hydrogens is 470 g/mol. The zero-order chi connectivity index (χ0) is 27.1. The summed E-state index contributed by atoms with van der Waals surface area (Å²) in [6, 6.07) is 3.98. The highest BCUT2D eigenvalue weighted by molar-refractivity contribution is 5.77. The van der Waals surface area contributed by atoms with E-state index in [0.717, 1.165) is 0 Å². The summed E-state index contributed by atoms with van der Waals surface area (Å²) in [5.74, 6) is -1.18. The van der Waals surface area contributed by atoms with Crippen molar-refractivity contribution in [3.05, 3.63) is 23.8 Å². The first-order chi connectivity index (χ1) is 17.1. The highest BCUT2D eigenvalue weighted by atomic mass is 16.7. The van der Waals surface area contributed by atoms with E-state index in [9.17, 15) is 19.2 Å². The van der Waals surface area contributed by atoms with E-state index in [1.54, 1.807) is 26.0 Å². The maximum absolute atomic E-state index is 12.4. The molecule has 0 amide bonds. The summed E-state index contributed by atoms with van der Waals surface area (Å²) in [6.07, 6.45) is 0.885. The molecule has 10 nitrogen and oxygen atoms in total. The van der Waals surface area contributed by atoms with Gasteiger partial charge in [-0.15, -0.1) is 0 Å². The van der Waals surface area contributed by atoms with Gasteiger partial charge in [0.25, 0.3) is 0 Å². The van der Waals surface area contributed by atoms with E-state index in [0.29, 0.717) is 24.8 Å². The molecule has 3 atom stereocenters. The summed E-state index contributed by atoms with van der Waals surface area (Å²) in [7, 11) is 1.27. The number of esters is 3. The van der Waals surface area contributed by atoms with Crippen molar-refractivity contribution in [1.82, 2.24) is 5.32 Å². The Kier molecular flexibility index (Phi) is 14.2. The summed E-state index contributed by atoms with van der Waals surface area (Å²) in [6.45, 7) is 9.20. The van der Waals surface area contributed by atoms with Gasteiger partial charge in [-0.3, -0.25) is 14.4 Å². The summed E-state index contributed by atoms with van der Waals surface area (Å²) < 4.78 is 26.0. The predicted molar refractivity (Wildman–Crippen MR) is 132 cm³/mol. The largest absolute Gasteiger partial charge is 0.508 e. The van der Waals surface area contributed by atoms with Gasteiger partial charge in [-0.2, -0.15) is 0 Å². The van der Waals surface area contributed by atoms with Crippen molar-refractivity contribution >= 4 is 24.1 Å². The summed E-state index contributed by atoms with van der Waals surface area (Å²) in [4.78, 5) is 48.3. The number of carbonyl (C=O) groups excluding carboxylic acids is 4. The van der Waals surface area contributed by atoms with Crippen LogP contribution >= 0.6 is 0 Å². The molecule has 10 heteroatoms. The van der Waals surface area contributed by atoms with Gasteiger partial charge in [0.2, 0.25) is 0 Å². The van der Waals surface area contributed by atoms with Crippen molar-refractivity contribution in [3.63, 3.8) is 0 Å². The average molecular weight is 510 g/mol. The highest BCUT2D eigenvalue weighted by Gasteiger charge is 2.23. The van der Waals surface area contributed by atoms with Gasteiger partial charge in [0.1, 0.15) is 18.2 Å². The van der Waals surface area contributed by atoms with Gasteiger partial charge in [-0.25, -0.2) is 4.79 Å². The van der Waals surface area contributed by atoms with Crippen molar-refractivity contribution in [2.75, 3.05) is 13.7 Å². The van der Waals surface area contributed by atoms with Crippen LogP contribution in [0, 0.1) is 0 Å². The molecule has 0 aliphatic heterocycles. The molecule has 0 spiro atoms. The Bertz CT molecular complexity index is 871. The van der Waals surface area contributed by atoms with Gasteiger partial charge in [0, 0.05) is 19.4 Å². The van der Waals surface area contributed by atoms with Crippen LogP contribution < -0.4 is 14.8 Å². The maximum Gasteiger partial charge on any atom is 0.508 e. The Morgan fingerprint density at radius 1 is 0.861 bits per heavy atom. The van der Waals surface area contributed by atoms with Gasteiger partial charge in [-0.05, 0) is 57.2 Å². The molecule has 36 heavy (non-hydrogen) atoms. The molecule has 202 valence electrons. The molecule has 0 saturated carbocycles. The molecule has 1 N–H and O–H groups in total. The van der Waals surface area contributed by atoms with E-state index in [1.807, 2.05) is 20.8 Å². The van der Waals surface area contributed by atoms with Crippen molar-refractivity contribution in [2.45, 2.75) is 91.4 Å². The second kappa shape index (κ2) is 16.5. The summed E-state index contributed by atoms with van der Waals surface area (Å²) in [5.41, 5.74) is 0.636. The second-order valence-electron chi connectivity index (χ2n) is 8.43. The van der Waals surface area contributed by atoms with Crippen LogP contribution in [-0.4, -0.2) is 56.0 Å². The third-order valence-corrected chi connectivity index (χ3v) is 5.11. The predicted octanol–water partition coefficient (Wildman–Crippen LogP) is 4.11. The van der Waals surface area contributed by atoms with E-state index in [-0.39, 0.29) is 43.4 Å². The lowest BCUT2D eigenvalue weighted by atomic mass is 10.0. The third kappa shape index (κ3) is 11.5. The zero-order valence-corrected chi connectivity index (χ0v) is 22.1. The number of ether oxygens (including phenoxy) is 5. The molecule has 2 unspecified atom stereocenters. The van der Waals surface area contributed by atoms with E-state index in [4.69, 9.17) is 23.7 Å². The SMILES string of the molecule is CCCC(=O)Oc1ccc(C[C@H](NCC(C)OC(=O)OC(C)CC)C(=O)OC)cc1OC(=O)CCC. The first-order valence-electron chi connectivity index (χ1n) is 12.4. The topological polar surface area (TPSA) is 126 Å². The van der Waals surface area contributed by atoms with Crippen LogP contribution in [0.15, 0.2) is 18.2 Å². The minimum absolute atomic E-state index is 0.100. The molecule has 0 radical (unpaired) electrons. The van der Waals surface area contributed by atoms with E-state index >= 15 is 0 Å². The monoisotopic (exact) mass is 509 g/mol. The molecule has 0 saturated heterocycles. The van der Waals surface area contributed by atoms with Crippen molar-refractivity contribution in [2.24, 2.45) is 0 Å². The average Bonchev–Trinajstić information content (AvgIpc) is 2.82. The quantitative estimate of drug-likeness (QED) is 0.273. The number of carbonyl (C=O) groups is 4. The van der Waals surface area contributed by atoms with Gasteiger partial charge in [0.05, 0.1) is 7.11 Å². The van der Waals surface area contributed by atoms with Gasteiger partial charge in [0.15, 0.2) is 11.5 Å². The van der Waals surface area contributed by atoms with Crippen LogP contribution in [0.3, 0.4) is 0 Å². The van der Waals surface area contributed by atoms with Gasteiger partial charge in [-0.1, -0.05) is 26.8 Å². The first-order valence-corrected chi connectivity index (χ1v) is 12.4. The van der Waals surface area contributed by atoms with E-state index in [1.165, 1.54) is 13.2 Å². The molecule has 0 fully saturated rings. The Morgan fingerprint density at radius 2 is 1.44 bits per heavy atom. The molecule has 0 aromatic heterocycles. The molecule has 1 aromatic rings. The Hall–Kier alpha value is -3.14. The highest BCUT2D eigenvalue weighted by Crippen LogP contribution is 2.30. The fraction of sp³-hybridized carbons (Fsp3) is 0.615. The van der Waals surface area contributed by atoms with Crippen molar-refractivity contribution in [3.8, 4) is 11.5 Å². The number of hydrogen-bond donors (Lipinski definition) is 1. The number of nitrogens with one attached hydrogen (secondary N) is 1. The standard InChI is InChI=1S/C26H39NO9/c1-7-10-23(28)35-21-13-12-19(15-22(21)36-24(29)11-8-2)14-20(25(30)32-6)27-16-18(5)34-26(31)33-17(4)9-3/h12-13,15,17-18,20,27H,7-11,14,16H2,1-6H3/t17?,18?,20-/m0/s1. The zero-order valence-electron chi connectivity index (χ0n) is 22.1. The smallest absolute Gasteiger partial charge is 0.468 e. The van der Waals surface area contributed by atoms with Crippen LogP contribution in [0.2, 0.25) is 0 Å². The summed E-state index contributed by atoms with van der Waals surface area (Å²) in [5, 5.41) is 3.04. The first kappa shape index (κ1) is 30.9. The molecule has 0 aliphatic rings. The maximum atomic E-state index is 12.4. The molecule has 1 aromatic carbocycles. The minimum Gasteiger partial charge on any atom is -0.468 e. The molecule has 0 bridgehead atoms. The van der Waals surface area contributed by atoms with Gasteiger partial charge >= 0.3 is 24.1 Å². The summed E-state index contributed by atoms with van der Waals surface area (Å²) >= 11 is 0. The van der Waals surface area contributed by atoms with Crippen LogP contribution in [0.1, 0.15) is 72.3 Å². The fourth-order valence-corrected chi connectivity index (χ4v) is 3.01. The number of rotatable bonds is 15. The number of benzene rings is 1. The number of methoxy groups -OCH3 is 1. The minimum atomic E-state index is -0.778. The van der Waals surface area contributed by atoms with E-state index < -0.39 is 36.2 Å². The van der Waals surface area contributed by atoms with Crippen LogP contribution in [-0.2, 0) is 35.0 Å². The molecule has 0 aliphatic carbocycles. The van der Waals surface area contributed by atoms with Gasteiger partial charge < -0.3 is 29.0 Å². The van der Waals surface area contributed by atoms with E-state index in [2.05, 4.69) is 5.32 Å². The van der Waals surface area contributed by atoms with Crippen LogP contribution in [0.4, 0.5) is 4.79 Å². The third-order valence-electron chi connectivity index (χ3n) is 5.11. The van der Waals surface area contributed by atoms with Crippen molar-refractivity contribution in [1.29, 1.82) is 0 Å². The Labute approximate surface area is 212 Å². The Balaban J connectivity index is 2.96. The lowest BCUT2D eigenvalue weighted by Gasteiger charge is -2.21. The molecule has 0 heterocycles. The van der Waals surface area contributed by atoms with Crippen molar-refractivity contribution < 1.29 is 42.9 Å². The lowest BCUT2D eigenvalue weighted by Crippen LogP contribution is -2.43. The molecular formula is C26H39NO9. The van der Waals surface area contributed by atoms with Crippen LogP contribution in [0.5, 0.6) is 11.5 Å². The second-order valence-corrected chi connectivity index (χ2v) is 8.43.